The second-order valence-corrected chi connectivity index (χ2v) is 12.2. The molecule has 0 aliphatic heterocycles. The van der Waals surface area contributed by atoms with Crippen LogP contribution in [-0.2, 0) is 0 Å². The van der Waals surface area contributed by atoms with Crippen LogP contribution < -0.4 is 11.1 Å². The molecule has 0 unspecified atom stereocenters. The molecule has 0 amide bonds. The Labute approximate surface area is 287 Å². The number of rotatable bonds is 4. The van der Waals surface area contributed by atoms with Gasteiger partial charge >= 0.3 is 0 Å². The molecule has 0 aliphatic carbocycles. The van der Waals surface area contributed by atoms with E-state index in [4.69, 9.17) is 4.98 Å². The number of hydrogen-bond donors (Lipinski definition) is 0. The summed E-state index contributed by atoms with van der Waals surface area (Å²) >= 11 is 3.14. The van der Waals surface area contributed by atoms with E-state index in [2.05, 4.69) is 11.1 Å². The van der Waals surface area contributed by atoms with Gasteiger partial charge in [0.15, 0.2) is 0 Å². The number of pyridine rings is 4. The zero-order valence-electron chi connectivity index (χ0n) is 27.1. The van der Waals surface area contributed by atoms with E-state index >= 15 is 0 Å². The standard InChI is InChI=1S/2C19H14N2OS.C2H6/c1-23-18-11-17-16(12-20-18)14-9-5-6-10-15(14)19(22)21(17)13-7-3-2-4-8-13;1-23-17-12-11-15-14-9-5-6-10-16(14)19(22)21(18(15)20-17)13-7-3-2-4-8-13;1-2/h2*2-12H,1H3;1-2H3. The average Bonchev–Trinajstić information content (AvgIpc) is 3.16. The van der Waals surface area contributed by atoms with Gasteiger partial charge in [-0.25, -0.2) is 9.97 Å². The molecule has 4 aromatic carbocycles. The predicted octanol–water partition coefficient (Wildman–Crippen LogP) is 9.55. The van der Waals surface area contributed by atoms with Gasteiger partial charge in [-0.3, -0.25) is 18.7 Å². The lowest BCUT2D eigenvalue weighted by Crippen LogP contribution is -2.20. The molecule has 0 spiro atoms. The minimum absolute atomic E-state index is 0.00227. The fourth-order valence-corrected chi connectivity index (χ4v) is 6.53. The molecule has 8 heteroatoms. The summed E-state index contributed by atoms with van der Waals surface area (Å²) in [5, 5.41) is 7.09. The normalized spacial score (nSPS) is 10.8. The van der Waals surface area contributed by atoms with Crippen molar-refractivity contribution in [2.45, 2.75) is 23.9 Å². The molecule has 4 aromatic heterocycles. The summed E-state index contributed by atoms with van der Waals surface area (Å²) < 4.78 is 3.48. The maximum absolute atomic E-state index is 13.1. The molecular formula is C40H34N4O2S2. The number of fused-ring (bicyclic) bond motifs is 6. The molecule has 8 rings (SSSR count). The number of aromatic nitrogens is 4. The van der Waals surface area contributed by atoms with Gasteiger partial charge in [0, 0.05) is 33.4 Å². The van der Waals surface area contributed by atoms with E-state index in [0.717, 1.165) is 48.5 Å². The molecule has 0 radical (unpaired) electrons. The van der Waals surface area contributed by atoms with Crippen LogP contribution in [0.1, 0.15) is 13.8 Å². The minimum Gasteiger partial charge on any atom is -0.276 e. The Kier molecular flexibility index (Phi) is 10.0. The zero-order chi connectivity index (χ0) is 33.6. The van der Waals surface area contributed by atoms with Gasteiger partial charge in [0.2, 0.25) is 0 Å². The zero-order valence-corrected chi connectivity index (χ0v) is 28.8. The van der Waals surface area contributed by atoms with Crippen molar-refractivity contribution in [1.29, 1.82) is 0 Å². The SMILES string of the molecule is CC.CSc1cc2c(cn1)c1ccccc1c(=O)n2-c1ccccc1.CSc1ccc2c3ccccc3c(=O)n(-c3ccccc3)c2n1. The molecule has 0 atom stereocenters. The maximum atomic E-state index is 13.1. The summed E-state index contributed by atoms with van der Waals surface area (Å²) in [5.41, 5.74) is 3.25. The number of benzene rings is 4. The van der Waals surface area contributed by atoms with Gasteiger partial charge in [0.25, 0.3) is 11.1 Å². The first-order chi connectivity index (χ1) is 23.6. The summed E-state index contributed by atoms with van der Waals surface area (Å²) in [5.74, 6) is 0. The summed E-state index contributed by atoms with van der Waals surface area (Å²) in [6, 6.07) is 40.9. The van der Waals surface area contributed by atoms with E-state index in [9.17, 15) is 9.59 Å². The molecule has 0 saturated heterocycles. The molecule has 4 heterocycles. The van der Waals surface area contributed by atoms with Gasteiger partial charge in [-0.2, -0.15) is 0 Å². The van der Waals surface area contributed by atoms with Crippen molar-refractivity contribution in [3.8, 4) is 11.4 Å². The van der Waals surface area contributed by atoms with Crippen LogP contribution in [0, 0.1) is 0 Å². The van der Waals surface area contributed by atoms with Gasteiger partial charge in [-0.1, -0.05) is 86.6 Å². The molecule has 0 fully saturated rings. The lowest BCUT2D eigenvalue weighted by atomic mass is 10.1. The third kappa shape index (κ3) is 6.12. The minimum atomic E-state index is -0.0370. The Bertz CT molecular complexity index is 2320. The predicted molar refractivity (Wildman–Crippen MR) is 205 cm³/mol. The van der Waals surface area contributed by atoms with Crippen LogP contribution >= 0.6 is 23.5 Å². The first kappa shape index (κ1) is 32.7. The third-order valence-corrected chi connectivity index (χ3v) is 9.20. The lowest BCUT2D eigenvalue weighted by Gasteiger charge is -2.13. The molecule has 0 N–H and O–H groups in total. The quantitative estimate of drug-likeness (QED) is 0.138. The van der Waals surface area contributed by atoms with Crippen molar-refractivity contribution < 1.29 is 0 Å². The number of hydrogen-bond acceptors (Lipinski definition) is 6. The Morgan fingerprint density at radius 2 is 0.979 bits per heavy atom. The number of nitrogens with zero attached hydrogens (tertiary/aromatic N) is 4. The Balaban J connectivity index is 0.000000159. The Hall–Kier alpha value is -5.18. The van der Waals surface area contributed by atoms with Crippen LogP contribution in [0.3, 0.4) is 0 Å². The first-order valence-corrected chi connectivity index (χ1v) is 18.1. The van der Waals surface area contributed by atoms with Crippen LogP contribution in [0.5, 0.6) is 0 Å². The highest BCUT2D eigenvalue weighted by Crippen LogP contribution is 2.28. The van der Waals surface area contributed by atoms with E-state index in [1.165, 1.54) is 0 Å². The summed E-state index contributed by atoms with van der Waals surface area (Å²) in [6.45, 7) is 4.00. The first-order valence-electron chi connectivity index (χ1n) is 15.7. The van der Waals surface area contributed by atoms with Gasteiger partial charge < -0.3 is 0 Å². The molecule has 0 bridgehead atoms. The highest BCUT2D eigenvalue weighted by Gasteiger charge is 2.14. The lowest BCUT2D eigenvalue weighted by molar-refractivity contribution is 1.01. The van der Waals surface area contributed by atoms with Gasteiger partial charge in [0.05, 0.1) is 21.3 Å². The van der Waals surface area contributed by atoms with Crippen molar-refractivity contribution in [2.75, 3.05) is 12.5 Å². The highest BCUT2D eigenvalue weighted by molar-refractivity contribution is 7.98. The van der Waals surface area contributed by atoms with Crippen molar-refractivity contribution in [2.24, 2.45) is 0 Å². The van der Waals surface area contributed by atoms with E-state index in [1.807, 2.05) is 154 Å². The van der Waals surface area contributed by atoms with E-state index in [1.54, 1.807) is 32.7 Å². The monoisotopic (exact) mass is 666 g/mol. The second kappa shape index (κ2) is 14.7. The molecule has 0 saturated carbocycles. The average molecular weight is 667 g/mol. The molecule has 238 valence electrons. The fourth-order valence-electron chi connectivity index (χ4n) is 5.76. The largest absolute Gasteiger partial charge is 0.276 e. The van der Waals surface area contributed by atoms with Crippen LogP contribution in [-0.4, -0.2) is 31.6 Å². The summed E-state index contributed by atoms with van der Waals surface area (Å²) in [7, 11) is 0. The highest BCUT2D eigenvalue weighted by atomic mass is 32.2. The van der Waals surface area contributed by atoms with Crippen LogP contribution in [0.15, 0.2) is 153 Å². The Morgan fingerprint density at radius 3 is 1.54 bits per heavy atom. The molecular weight excluding hydrogens is 633 g/mol. The fraction of sp³-hybridized carbons (Fsp3) is 0.100. The maximum Gasteiger partial charge on any atom is 0.264 e. The topological polar surface area (TPSA) is 69.8 Å². The van der Waals surface area contributed by atoms with E-state index < -0.39 is 0 Å². The molecule has 0 aliphatic rings. The van der Waals surface area contributed by atoms with Crippen molar-refractivity contribution in [1.82, 2.24) is 19.1 Å². The van der Waals surface area contributed by atoms with Crippen LogP contribution in [0.2, 0.25) is 0 Å². The van der Waals surface area contributed by atoms with E-state index in [0.29, 0.717) is 16.4 Å². The molecule has 8 aromatic rings. The van der Waals surface area contributed by atoms with Crippen molar-refractivity contribution >= 4 is 67.0 Å². The van der Waals surface area contributed by atoms with Crippen LogP contribution in [0.4, 0.5) is 0 Å². The smallest absolute Gasteiger partial charge is 0.264 e. The second-order valence-electron chi connectivity index (χ2n) is 10.5. The van der Waals surface area contributed by atoms with Crippen LogP contribution in [0.25, 0.3) is 54.9 Å². The van der Waals surface area contributed by atoms with Crippen molar-refractivity contribution in [3.63, 3.8) is 0 Å². The van der Waals surface area contributed by atoms with Gasteiger partial charge in [-0.15, -0.1) is 23.5 Å². The number of para-hydroxylation sites is 2. The van der Waals surface area contributed by atoms with Gasteiger partial charge in [-0.05, 0) is 77.9 Å². The summed E-state index contributed by atoms with van der Waals surface area (Å²) in [6.07, 6.45) is 5.84. The van der Waals surface area contributed by atoms with Crippen molar-refractivity contribution in [3.05, 3.63) is 154 Å². The third-order valence-electron chi connectivity index (χ3n) is 7.91. The van der Waals surface area contributed by atoms with E-state index in [-0.39, 0.29) is 11.1 Å². The summed E-state index contributed by atoms with van der Waals surface area (Å²) in [4.78, 5) is 35.3. The number of thioether (sulfide) groups is 2. The molecule has 48 heavy (non-hydrogen) atoms. The van der Waals surface area contributed by atoms with Gasteiger partial charge in [0.1, 0.15) is 5.65 Å². The Morgan fingerprint density at radius 1 is 0.500 bits per heavy atom. The molecule has 6 nitrogen and oxygen atoms in total.